The standard InChI is InChI=1S/C19H21N5O3/c1-25-15-7-6-13(16(26-2)17(15)27-3)14-11-22-18(20)19(24-14)23-10-12-5-4-8-21-9-12/h4-9,11H,10H2,1-3H3,(H2,20,22)(H,23,24). The first-order valence-corrected chi connectivity index (χ1v) is 8.22. The molecule has 0 radical (unpaired) electrons. The first-order chi connectivity index (χ1) is 13.2. The van der Waals surface area contributed by atoms with E-state index in [0.29, 0.717) is 46.7 Å². The van der Waals surface area contributed by atoms with Gasteiger partial charge in [-0.3, -0.25) is 4.98 Å². The quantitative estimate of drug-likeness (QED) is 0.657. The molecule has 0 amide bonds. The topological polar surface area (TPSA) is 104 Å². The SMILES string of the molecule is COc1ccc(-c2cnc(N)c(NCc3cccnc3)n2)c(OC)c1OC. The second-order valence-corrected chi connectivity index (χ2v) is 5.59. The molecular formula is C19H21N5O3. The molecule has 0 unspecified atom stereocenters. The largest absolute Gasteiger partial charge is 0.493 e. The van der Waals surface area contributed by atoms with Gasteiger partial charge in [-0.2, -0.15) is 0 Å². The summed E-state index contributed by atoms with van der Waals surface area (Å²) in [5, 5.41) is 3.19. The monoisotopic (exact) mass is 367 g/mol. The van der Waals surface area contributed by atoms with Gasteiger partial charge in [0, 0.05) is 24.5 Å². The van der Waals surface area contributed by atoms with Gasteiger partial charge >= 0.3 is 0 Å². The van der Waals surface area contributed by atoms with Crippen molar-refractivity contribution in [3.8, 4) is 28.5 Å². The maximum atomic E-state index is 5.98. The highest BCUT2D eigenvalue weighted by Crippen LogP contribution is 2.43. The number of nitrogen functional groups attached to an aromatic ring is 1. The average molecular weight is 367 g/mol. The predicted octanol–water partition coefficient (Wildman–Crippen LogP) is 2.76. The Morgan fingerprint density at radius 2 is 1.81 bits per heavy atom. The number of methoxy groups -OCH3 is 3. The third kappa shape index (κ3) is 3.84. The third-order valence-electron chi connectivity index (χ3n) is 3.96. The molecular weight excluding hydrogens is 346 g/mol. The number of hydrogen-bond acceptors (Lipinski definition) is 8. The Morgan fingerprint density at radius 1 is 1.00 bits per heavy atom. The molecule has 2 heterocycles. The normalized spacial score (nSPS) is 10.3. The molecule has 0 bridgehead atoms. The van der Waals surface area contributed by atoms with E-state index >= 15 is 0 Å². The predicted molar refractivity (Wildman–Crippen MR) is 103 cm³/mol. The van der Waals surface area contributed by atoms with E-state index in [2.05, 4.69) is 20.3 Å². The highest BCUT2D eigenvalue weighted by molar-refractivity contribution is 5.75. The van der Waals surface area contributed by atoms with Crippen molar-refractivity contribution >= 4 is 11.6 Å². The van der Waals surface area contributed by atoms with Gasteiger partial charge in [-0.15, -0.1) is 0 Å². The van der Waals surface area contributed by atoms with Gasteiger partial charge in [-0.25, -0.2) is 9.97 Å². The van der Waals surface area contributed by atoms with Crippen LogP contribution in [0, 0.1) is 0 Å². The van der Waals surface area contributed by atoms with Gasteiger partial charge in [0.15, 0.2) is 23.1 Å². The van der Waals surface area contributed by atoms with Gasteiger partial charge in [0.2, 0.25) is 5.75 Å². The van der Waals surface area contributed by atoms with E-state index in [0.717, 1.165) is 5.56 Å². The fourth-order valence-electron chi connectivity index (χ4n) is 2.65. The summed E-state index contributed by atoms with van der Waals surface area (Å²) in [5.74, 6) is 2.35. The Hall–Kier alpha value is -3.55. The van der Waals surface area contributed by atoms with E-state index in [4.69, 9.17) is 19.9 Å². The van der Waals surface area contributed by atoms with E-state index in [9.17, 15) is 0 Å². The van der Waals surface area contributed by atoms with Gasteiger partial charge < -0.3 is 25.3 Å². The molecule has 8 nitrogen and oxygen atoms in total. The molecule has 140 valence electrons. The van der Waals surface area contributed by atoms with Crippen molar-refractivity contribution in [3.05, 3.63) is 48.4 Å². The van der Waals surface area contributed by atoms with E-state index in [-0.39, 0.29) is 0 Å². The van der Waals surface area contributed by atoms with Crippen LogP contribution in [0.2, 0.25) is 0 Å². The number of aromatic nitrogens is 3. The van der Waals surface area contributed by atoms with Crippen molar-refractivity contribution in [2.45, 2.75) is 6.54 Å². The number of anilines is 2. The summed E-state index contributed by atoms with van der Waals surface area (Å²) in [5.41, 5.74) is 8.29. The van der Waals surface area contributed by atoms with Crippen LogP contribution in [0.15, 0.2) is 42.9 Å². The van der Waals surface area contributed by atoms with Crippen LogP contribution in [-0.4, -0.2) is 36.3 Å². The molecule has 3 aromatic rings. The van der Waals surface area contributed by atoms with Crippen LogP contribution in [0.5, 0.6) is 17.2 Å². The molecule has 0 aliphatic heterocycles. The Kier molecular flexibility index (Phi) is 5.55. The molecule has 3 N–H and O–H groups in total. The molecule has 2 aromatic heterocycles. The highest BCUT2D eigenvalue weighted by atomic mass is 16.5. The molecule has 27 heavy (non-hydrogen) atoms. The molecule has 0 saturated carbocycles. The van der Waals surface area contributed by atoms with Gasteiger partial charge in [0.1, 0.15) is 0 Å². The zero-order valence-corrected chi connectivity index (χ0v) is 15.4. The summed E-state index contributed by atoms with van der Waals surface area (Å²) in [6.07, 6.45) is 5.09. The number of ether oxygens (including phenoxy) is 3. The number of rotatable bonds is 7. The van der Waals surface area contributed by atoms with E-state index in [1.54, 1.807) is 46.0 Å². The van der Waals surface area contributed by atoms with Crippen LogP contribution in [0.1, 0.15) is 5.56 Å². The highest BCUT2D eigenvalue weighted by Gasteiger charge is 2.19. The Labute approximate surface area is 157 Å². The smallest absolute Gasteiger partial charge is 0.203 e. The maximum Gasteiger partial charge on any atom is 0.203 e. The van der Waals surface area contributed by atoms with Crippen LogP contribution < -0.4 is 25.3 Å². The number of nitrogens with one attached hydrogen (secondary N) is 1. The molecule has 3 rings (SSSR count). The lowest BCUT2D eigenvalue weighted by Gasteiger charge is -2.16. The van der Waals surface area contributed by atoms with Gasteiger partial charge in [0.05, 0.1) is 33.2 Å². The molecule has 0 fully saturated rings. The molecule has 8 heteroatoms. The molecule has 0 aliphatic rings. The molecule has 1 aromatic carbocycles. The number of nitrogens with zero attached hydrogens (tertiary/aromatic N) is 3. The summed E-state index contributed by atoms with van der Waals surface area (Å²) in [6, 6.07) is 7.46. The van der Waals surface area contributed by atoms with Crippen molar-refractivity contribution < 1.29 is 14.2 Å². The Bertz CT molecular complexity index is 919. The Morgan fingerprint density at radius 3 is 2.48 bits per heavy atom. The Balaban J connectivity index is 1.96. The van der Waals surface area contributed by atoms with E-state index in [1.807, 2.05) is 18.2 Å². The third-order valence-corrected chi connectivity index (χ3v) is 3.96. The van der Waals surface area contributed by atoms with Gasteiger partial charge in [0.25, 0.3) is 0 Å². The first-order valence-electron chi connectivity index (χ1n) is 8.22. The van der Waals surface area contributed by atoms with Gasteiger partial charge in [-0.1, -0.05) is 6.07 Å². The van der Waals surface area contributed by atoms with E-state index in [1.165, 1.54) is 0 Å². The zero-order chi connectivity index (χ0) is 19.2. The van der Waals surface area contributed by atoms with Crippen LogP contribution in [0.25, 0.3) is 11.3 Å². The molecule has 0 atom stereocenters. The van der Waals surface area contributed by atoms with Crippen LogP contribution >= 0.6 is 0 Å². The molecule has 0 saturated heterocycles. The van der Waals surface area contributed by atoms with Gasteiger partial charge in [-0.05, 0) is 23.8 Å². The summed E-state index contributed by atoms with van der Waals surface area (Å²) in [4.78, 5) is 12.9. The number of hydrogen-bond donors (Lipinski definition) is 2. The minimum atomic E-state index is 0.307. The minimum absolute atomic E-state index is 0.307. The lowest BCUT2D eigenvalue weighted by atomic mass is 10.1. The van der Waals surface area contributed by atoms with Crippen molar-refractivity contribution in [1.29, 1.82) is 0 Å². The van der Waals surface area contributed by atoms with Crippen LogP contribution in [0.4, 0.5) is 11.6 Å². The van der Waals surface area contributed by atoms with Crippen molar-refractivity contribution in [2.75, 3.05) is 32.4 Å². The van der Waals surface area contributed by atoms with E-state index < -0.39 is 0 Å². The van der Waals surface area contributed by atoms with Crippen molar-refractivity contribution in [1.82, 2.24) is 15.0 Å². The fourth-order valence-corrected chi connectivity index (χ4v) is 2.65. The number of pyridine rings is 1. The summed E-state index contributed by atoms with van der Waals surface area (Å²) in [7, 11) is 4.69. The minimum Gasteiger partial charge on any atom is -0.493 e. The lowest BCUT2D eigenvalue weighted by molar-refractivity contribution is 0.325. The van der Waals surface area contributed by atoms with Crippen molar-refractivity contribution in [2.24, 2.45) is 0 Å². The summed E-state index contributed by atoms with van der Waals surface area (Å²) >= 11 is 0. The average Bonchev–Trinajstić information content (AvgIpc) is 2.72. The fraction of sp³-hybridized carbons (Fsp3) is 0.211. The molecule has 0 spiro atoms. The van der Waals surface area contributed by atoms with Crippen molar-refractivity contribution in [3.63, 3.8) is 0 Å². The van der Waals surface area contributed by atoms with Crippen LogP contribution in [-0.2, 0) is 6.54 Å². The number of benzene rings is 1. The molecule has 0 aliphatic carbocycles. The zero-order valence-electron chi connectivity index (χ0n) is 15.4. The summed E-state index contributed by atoms with van der Waals surface area (Å²) < 4.78 is 16.3. The lowest BCUT2D eigenvalue weighted by Crippen LogP contribution is -2.07. The second kappa shape index (κ2) is 8.22. The van der Waals surface area contributed by atoms with Crippen LogP contribution in [0.3, 0.4) is 0 Å². The number of nitrogens with two attached hydrogens (primary N) is 1. The second-order valence-electron chi connectivity index (χ2n) is 5.59. The maximum absolute atomic E-state index is 5.98. The summed E-state index contributed by atoms with van der Waals surface area (Å²) in [6.45, 7) is 0.527. The first kappa shape index (κ1) is 18.2.